The first-order valence-corrected chi connectivity index (χ1v) is 10.0. The molecule has 3 amide bonds. The van der Waals surface area contributed by atoms with Crippen molar-refractivity contribution < 1.29 is 18.4 Å². The molecule has 8 heteroatoms. The van der Waals surface area contributed by atoms with E-state index in [1.807, 2.05) is 31.2 Å². The molecule has 0 atom stereocenters. The van der Waals surface area contributed by atoms with Gasteiger partial charge in [0.15, 0.2) is 0 Å². The van der Waals surface area contributed by atoms with Crippen LogP contribution < -0.4 is 15.5 Å². The van der Waals surface area contributed by atoms with Crippen molar-refractivity contribution in [2.45, 2.75) is 16.7 Å². The molecule has 1 heterocycles. The van der Waals surface area contributed by atoms with Crippen molar-refractivity contribution in [1.82, 2.24) is 0 Å². The summed E-state index contributed by atoms with van der Waals surface area (Å²) in [6.07, 6.45) is 0. The summed E-state index contributed by atoms with van der Waals surface area (Å²) in [5, 5.41) is 4.97. The summed E-state index contributed by atoms with van der Waals surface area (Å²) in [5.74, 6) is -1.72. The number of urea groups is 1. The summed E-state index contributed by atoms with van der Waals surface area (Å²) in [7, 11) is 0. The molecule has 30 heavy (non-hydrogen) atoms. The van der Waals surface area contributed by atoms with E-state index in [9.17, 15) is 18.4 Å². The average Bonchev–Trinajstić information content (AvgIpc) is 2.84. The topological polar surface area (TPSA) is 61.4 Å². The van der Waals surface area contributed by atoms with Gasteiger partial charge in [0, 0.05) is 28.1 Å². The highest BCUT2D eigenvalue weighted by molar-refractivity contribution is 7.99. The van der Waals surface area contributed by atoms with E-state index < -0.39 is 17.7 Å². The number of amides is 3. The van der Waals surface area contributed by atoms with Crippen molar-refractivity contribution in [2.24, 2.45) is 0 Å². The largest absolute Gasteiger partial charge is 0.323 e. The maximum absolute atomic E-state index is 13.8. The quantitative estimate of drug-likeness (QED) is 0.563. The van der Waals surface area contributed by atoms with Gasteiger partial charge in [-0.2, -0.15) is 0 Å². The van der Waals surface area contributed by atoms with E-state index in [0.29, 0.717) is 29.5 Å². The molecule has 152 valence electrons. The van der Waals surface area contributed by atoms with Gasteiger partial charge >= 0.3 is 6.03 Å². The van der Waals surface area contributed by atoms with Crippen molar-refractivity contribution in [2.75, 3.05) is 22.1 Å². The van der Waals surface area contributed by atoms with Crippen LogP contribution in [0.1, 0.15) is 17.3 Å². The van der Waals surface area contributed by atoms with E-state index in [-0.39, 0.29) is 11.6 Å². The van der Waals surface area contributed by atoms with Crippen molar-refractivity contribution in [3.8, 4) is 0 Å². The number of benzene rings is 3. The highest BCUT2D eigenvalue weighted by atomic mass is 32.2. The number of nitrogens with one attached hydrogen (secondary N) is 2. The number of carbonyl (C=O) groups excluding carboxylic acids is 2. The van der Waals surface area contributed by atoms with Gasteiger partial charge < -0.3 is 15.5 Å². The minimum absolute atomic E-state index is 0.116. The number of anilines is 3. The fourth-order valence-electron chi connectivity index (χ4n) is 3.19. The molecule has 0 spiro atoms. The molecule has 0 saturated heterocycles. The fourth-order valence-corrected chi connectivity index (χ4v) is 4.25. The Morgan fingerprint density at radius 2 is 1.80 bits per heavy atom. The van der Waals surface area contributed by atoms with E-state index in [1.165, 1.54) is 11.8 Å². The molecule has 0 radical (unpaired) electrons. The van der Waals surface area contributed by atoms with Crippen LogP contribution in [0.15, 0.2) is 70.5 Å². The first-order chi connectivity index (χ1) is 14.5. The summed E-state index contributed by atoms with van der Waals surface area (Å²) in [6.45, 7) is 2.33. The molecule has 0 bridgehead atoms. The van der Waals surface area contributed by atoms with Gasteiger partial charge in [0.1, 0.15) is 11.6 Å². The summed E-state index contributed by atoms with van der Waals surface area (Å²) in [5.41, 5.74) is 1.60. The predicted octanol–water partition coefficient (Wildman–Crippen LogP) is 5.74. The lowest BCUT2D eigenvalue weighted by Crippen LogP contribution is -2.30. The van der Waals surface area contributed by atoms with Crippen LogP contribution in [0.2, 0.25) is 0 Å². The Kier molecular flexibility index (Phi) is 5.41. The van der Waals surface area contributed by atoms with Crippen LogP contribution in [0, 0.1) is 11.6 Å². The number of nitrogens with zero attached hydrogens (tertiary/aromatic N) is 1. The normalized spacial score (nSPS) is 12.6. The molecule has 0 fully saturated rings. The van der Waals surface area contributed by atoms with Crippen LogP contribution in [0.3, 0.4) is 0 Å². The monoisotopic (exact) mass is 425 g/mol. The van der Waals surface area contributed by atoms with Gasteiger partial charge in [-0.3, -0.25) is 4.79 Å². The first-order valence-electron chi connectivity index (χ1n) is 9.22. The molecule has 1 aliphatic rings. The van der Waals surface area contributed by atoms with Crippen LogP contribution in [0.5, 0.6) is 0 Å². The first kappa shape index (κ1) is 19.9. The zero-order valence-corrected chi connectivity index (χ0v) is 16.7. The van der Waals surface area contributed by atoms with Crippen LogP contribution in [0.25, 0.3) is 0 Å². The third-order valence-corrected chi connectivity index (χ3v) is 5.73. The van der Waals surface area contributed by atoms with Gasteiger partial charge in [0.05, 0.1) is 16.9 Å². The molecular formula is C22H17F2N3O2S. The standard InChI is InChI=1S/C22H17F2N3O2S/c1-2-27-18-12-14(25-22(29)26-17-9-7-13(23)11-16(17)24)8-10-20(18)30-19-6-4-3-5-15(19)21(27)28/h3-12H,2H2,1H3,(H2,25,26,29). The van der Waals surface area contributed by atoms with Gasteiger partial charge in [-0.1, -0.05) is 23.9 Å². The maximum atomic E-state index is 13.8. The zero-order chi connectivity index (χ0) is 21.3. The Bertz CT molecular complexity index is 1150. The molecule has 3 aromatic carbocycles. The smallest absolute Gasteiger partial charge is 0.308 e. The number of carbonyl (C=O) groups is 2. The highest BCUT2D eigenvalue weighted by Crippen LogP contribution is 2.42. The number of fused-ring (bicyclic) bond motifs is 2. The fraction of sp³-hybridized carbons (Fsp3) is 0.0909. The van der Waals surface area contributed by atoms with Crippen molar-refractivity contribution in [1.29, 1.82) is 0 Å². The number of rotatable bonds is 3. The Balaban J connectivity index is 1.60. The summed E-state index contributed by atoms with van der Waals surface area (Å²) < 4.78 is 26.8. The zero-order valence-electron chi connectivity index (χ0n) is 15.9. The number of hydrogen-bond acceptors (Lipinski definition) is 3. The summed E-state index contributed by atoms with van der Waals surface area (Å²) in [6, 6.07) is 14.9. The Labute approximate surface area is 176 Å². The van der Waals surface area contributed by atoms with Gasteiger partial charge in [-0.05, 0) is 49.4 Å². The molecule has 2 N–H and O–H groups in total. The third-order valence-electron chi connectivity index (χ3n) is 4.59. The minimum atomic E-state index is -0.871. The molecule has 0 saturated carbocycles. The Hall–Kier alpha value is -3.39. The van der Waals surface area contributed by atoms with Crippen molar-refractivity contribution in [3.63, 3.8) is 0 Å². The highest BCUT2D eigenvalue weighted by Gasteiger charge is 2.26. The van der Waals surface area contributed by atoms with Crippen LogP contribution in [-0.2, 0) is 0 Å². The molecule has 0 aromatic heterocycles. The maximum Gasteiger partial charge on any atom is 0.323 e. The number of hydrogen-bond donors (Lipinski definition) is 2. The summed E-state index contributed by atoms with van der Waals surface area (Å²) >= 11 is 1.48. The predicted molar refractivity (Wildman–Crippen MR) is 113 cm³/mol. The third kappa shape index (κ3) is 3.86. The van der Waals surface area contributed by atoms with Crippen LogP contribution >= 0.6 is 11.8 Å². The summed E-state index contributed by atoms with van der Waals surface area (Å²) in [4.78, 5) is 28.7. The van der Waals surface area contributed by atoms with Crippen LogP contribution in [0.4, 0.5) is 30.6 Å². The molecule has 1 aliphatic heterocycles. The van der Waals surface area contributed by atoms with Crippen molar-refractivity contribution in [3.05, 3.63) is 77.9 Å². The van der Waals surface area contributed by atoms with Crippen molar-refractivity contribution >= 4 is 40.8 Å². The lowest BCUT2D eigenvalue weighted by atomic mass is 10.1. The Morgan fingerprint density at radius 1 is 1.00 bits per heavy atom. The minimum Gasteiger partial charge on any atom is -0.308 e. The second-order valence-corrected chi connectivity index (χ2v) is 7.62. The van der Waals surface area contributed by atoms with E-state index in [2.05, 4.69) is 10.6 Å². The van der Waals surface area contributed by atoms with E-state index in [1.54, 1.807) is 23.1 Å². The second kappa shape index (κ2) is 8.16. The lowest BCUT2D eigenvalue weighted by Gasteiger charge is -2.22. The van der Waals surface area contributed by atoms with Gasteiger partial charge in [-0.25, -0.2) is 13.6 Å². The van der Waals surface area contributed by atoms with E-state index in [4.69, 9.17) is 0 Å². The molecule has 0 aliphatic carbocycles. The van der Waals surface area contributed by atoms with Crippen LogP contribution in [-0.4, -0.2) is 18.5 Å². The van der Waals surface area contributed by atoms with E-state index in [0.717, 1.165) is 21.9 Å². The van der Waals surface area contributed by atoms with Gasteiger partial charge in [0.25, 0.3) is 5.91 Å². The van der Waals surface area contributed by atoms with E-state index >= 15 is 0 Å². The van der Waals surface area contributed by atoms with Gasteiger partial charge in [-0.15, -0.1) is 0 Å². The molecule has 5 nitrogen and oxygen atoms in total. The Morgan fingerprint density at radius 3 is 2.57 bits per heavy atom. The molecule has 0 unspecified atom stereocenters. The average molecular weight is 425 g/mol. The molecule has 3 aromatic rings. The molecule has 4 rings (SSSR count). The lowest BCUT2D eigenvalue weighted by molar-refractivity contribution is 0.0985. The SMILES string of the molecule is CCN1C(=O)c2ccccc2Sc2ccc(NC(=O)Nc3ccc(F)cc3F)cc21. The molecular weight excluding hydrogens is 408 g/mol. The van der Waals surface area contributed by atoms with Gasteiger partial charge in [0.2, 0.25) is 0 Å². The second-order valence-electron chi connectivity index (χ2n) is 6.53. The number of halogens is 2.